The van der Waals surface area contributed by atoms with Crippen molar-refractivity contribution < 1.29 is 4.79 Å². The molecule has 1 heterocycles. The second-order valence-corrected chi connectivity index (χ2v) is 6.98. The van der Waals surface area contributed by atoms with Crippen molar-refractivity contribution in [3.63, 3.8) is 0 Å². The Morgan fingerprint density at radius 1 is 0.962 bits per heavy atom. The summed E-state index contributed by atoms with van der Waals surface area (Å²) in [7, 11) is 0. The number of H-pyrrole nitrogens is 1. The highest BCUT2D eigenvalue weighted by Gasteiger charge is 2.38. The summed E-state index contributed by atoms with van der Waals surface area (Å²) in [5.41, 5.74) is 1.37. The molecule has 1 fully saturated rings. The summed E-state index contributed by atoms with van der Waals surface area (Å²) >= 11 is 0. The molecule has 1 aliphatic rings. The number of para-hydroxylation sites is 1. The summed E-state index contributed by atoms with van der Waals surface area (Å²) in [5.74, 6) is 7.30. The van der Waals surface area contributed by atoms with Crippen LogP contribution in [0.5, 0.6) is 0 Å². The Balaban J connectivity index is 1.61. The van der Waals surface area contributed by atoms with Crippen LogP contribution in [0.4, 0.5) is 5.82 Å². The molecule has 2 aromatic carbocycles. The maximum atomic E-state index is 13.2. The van der Waals surface area contributed by atoms with Crippen LogP contribution in [-0.2, 0) is 4.79 Å². The largest absolute Gasteiger partial charge is 0.341 e. The van der Waals surface area contributed by atoms with E-state index >= 15 is 0 Å². The lowest BCUT2D eigenvalue weighted by molar-refractivity contribution is -0.124. The molecule has 2 N–H and O–H groups in total. The third kappa shape index (κ3) is 3.36. The number of aromatic nitrogens is 1. The smallest absolute Gasteiger partial charge is 0.243 e. The first kappa shape index (κ1) is 16.5. The molecule has 130 valence electrons. The Morgan fingerprint density at radius 2 is 1.69 bits per heavy atom. The first-order chi connectivity index (χ1) is 12.8. The standard InChI is InChI=1S/C23H22N2O/c26-22(25-21-17-19-11-5-6-12-20(19)24-21)23(14-7-2-8-15-23)16-13-18-9-3-1-4-10-18/h1,3-6,9-12,17,24H,2,7-8,14-15H2,(H,25,26). The fourth-order valence-corrected chi connectivity index (χ4v) is 3.66. The van der Waals surface area contributed by atoms with E-state index in [0.717, 1.165) is 48.0 Å². The van der Waals surface area contributed by atoms with Gasteiger partial charge in [-0.2, -0.15) is 0 Å². The first-order valence-corrected chi connectivity index (χ1v) is 9.23. The Bertz CT molecular complexity index is 936. The van der Waals surface area contributed by atoms with Crippen LogP contribution >= 0.6 is 0 Å². The van der Waals surface area contributed by atoms with Gasteiger partial charge in [0.1, 0.15) is 11.2 Å². The summed E-state index contributed by atoms with van der Waals surface area (Å²) in [6.07, 6.45) is 4.90. The zero-order valence-electron chi connectivity index (χ0n) is 14.7. The molecular formula is C23H22N2O. The summed E-state index contributed by atoms with van der Waals surface area (Å²) < 4.78 is 0. The summed E-state index contributed by atoms with van der Waals surface area (Å²) in [4.78, 5) is 16.4. The molecule has 1 saturated carbocycles. The lowest BCUT2D eigenvalue weighted by Gasteiger charge is -2.30. The normalized spacial score (nSPS) is 15.8. The molecule has 1 aromatic heterocycles. The van der Waals surface area contributed by atoms with Gasteiger partial charge in [0.05, 0.1) is 0 Å². The number of rotatable bonds is 2. The highest BCUT2D eigenvalue weighted by Crippen LogP contribution is 2.37. The molecule has 1 aliphatic carbocycles. The van der Waals surface area contributed by atoms with Gasteiger partial charge in [-0.05, 0) is 37.1 Å². The molecule has 0 unspecified atom stereocenters. The van der Waals surface area contributed by atoms with Crippen LogP contribution in [0.2, 0.25) is 0 Å². The molecule has 0 saturated heterocycles. The Morgan fingerprint density at radius 3 is 2.46 bits per heavy atom. The molecule has 1 amide bonds. The van der Waals surface area contributed by atoms with Crippen molar-refractivity contribution >= 4 is 22.6 Å². The number of amides is 1. The Kier molecular flexibility index (Phi) is 4.50. The summed E-state index contributed by atoms with van der Waals surface area (Å²) in [6.45, 7) is 0. The zero-order chi connectivity index (χ0) is 17.8. The van der Waals surface area contributed by atoms with Crippen LogP contribution in [-0.4, -0.2) is 10.9 Å². The average Bonchev–Trinajstić information content (AvgIpc) is 3.10. The van der Waals surface area contributed by atoms with Crippen LogP contribution in [0.1, 0.15) is 37.7 Å². The predicted octanol–water partition coefficient (Wildman–Crippen LogP) is 5.11. The van der Waals surface area contributed by atoms with Gasteiger partial charge in [-0.3, -0.25) is 4.79 Å². The summed E-state index contributed by atoms with van der Waals surface area (Å²) in [6, 6.07) is 19.9. The van der Waals surface area contributed by atoms with Gasteiger partial charge in [0.2, 0.25) is 5.91 Å². The van der Waals surface area contributed by atoms with Crippen LogP contribution in [0, 0.1) is 17.3 Å². The van der Waals surface area contributed by atoms with Crippen LogP contribution < -0.4 is 5.32 Å². The fourth-order valence-electron chi connectivity index (χ4n) is 3.66. The number of carbonyl (C=O) groups is 1. The molecule has 0 bridgehead atoms. The Labute approximate surface area is 153 Å². The Hall–Kier alpha value is -2.99. The minimum atomic E-state index is -0.606. The number of hydrogen-bond donors (Lipinski definition) is 2. The lowest BCUT2D eigenvalue weighted by Crippen LogP contribution is -2.37. The topological polar surface area (TPSA) is 44.9 Å². The van der Waals surface area contributed by atoms with Crippen molar-refractivity contribution in [1.82, 2.24) is 4.98 Å². The second-order valence-electron chi connectivity index (χ2n) is 6.98. The van der Waals surface area contributed by atoms with E-state index < -0.39 is 5.41 Å². The number of aromatic amines is 1. The number of fused-ring (bicyclic) bond motifs is 1. The lowest BCUT2D eigenvalue weighted by atomic mass is 9.73. The highest BCUT2D eigenvalue weighted by atomic mass is 16.2. The van der Waals surface area contributed by atoms with Crippen molar-refractivity contribution in [3.8, 4) is 11.8 Å². The van der Waals surface area contributed by atoms with E-state index in [0.29, 0.717) is 0 Å². The van der Waals surface area contributed by atoms with Crippen LogP contribution in [0.25, 0.3) is 10.9 Å². The third-order valence-electron chi connectivity index (χ3n) is 5.14. The monoisotopic (exact) mass is 342 g/mol. The maximum Gasteiger partial charge on any atom is 0.243 e. The number of benzene rings is 2. The number of carbonyl (C=O) groups excluding carboxylic acids is 1. The molecule has 4 rings (SSSR count). The molecule has 0 aliphatic heterocycles. The molecule has 3 nitrogen and oxygen atoms in total. The van der Waals surface area contributed by atoms with E-state index in [1.54, 1.807) is 0 Å². The maximum absolute atomic E-state index is 13.2. The number of anilines is 1. The van der Waals surface area contributed by atoms with Crippen LogP contribution in [0.3, 0.4) is 0 Å². The highest BCUT2D eigenvalue weighted by molar-refractivity contribution is 5.99. The first-order valence-electron chi connectivity index (χ1n) is 9.23. The molecule has 3 aromatic rings. The number of nitrogens with one attached hydrogen (secondary N) is 2. The van der Waals surface area contributed by atoms with Gasteiger partial charge in [0, 0.05) is 16.5 Å². The number of hydrogen-bond acceptors (Lipinski definition) is 1. The third-order valence-corrected chi connectivity index (χ3v) is 5.14. The van der Waals surface area contributed by atoms with Crippen molar-refractivity contribution in [2.45, 2.75) is 32.1 Å². The molecule has 0 radical (unpaired) electrons. The van der Waals surface area contributed by atoms with Gasteiger partial charge in [0.15, 0.2) is 0 Å². The van der Waals surface area contributed by atoms with Crippen molar-refractivity contribution in [2.75, 3.05) is 5.32 Å². The van der Waals surface area contributed by atoms with E-state index in [1.807, 2.05) is 60.7 Å². The molecular weight excluding hydrogens is 320 g/mol. The van der Waals surface area contributed by atoms with Gasteiger partial charge >= 0.3 is 0 Å². The van der Waals surface area contributed by atoms with E-state index in [1.165, 1.54) is 6.42 Å². The van der Waals surface area contributed by atoms with Crippen molar-refractivity contribution in [3.05, 3.63) is 66.2 Å². The molecule has 3 heteroatoms. The predicted molar refractivity (Wildman–Crippen MR) is 106 cm³/mol. The zero-order valence-corrected chi connectivity index (χ0v) is 14.7. The van der Waals surface area contributed by atoms with E-state index in [-0.39, 0.29) is 5.91 Å². The molecule has 0 atom stereocenters. The van der Waals surface area contributed by atoms with Gasteiger partial charge in [-0.1, -0.05) is 67.5 Å². The van der Waals surface area contributed by atoms with E-state index in [9.17, 15) is 4.79 Å². The minimum absolute atomic E-state index is 0.00665. The van der Waals surface area contributed by atoms with Crippen molar-refractivity contribution in [2.24, 2.45) is 5.41 Å². The summed E-state index contributed by atoms with van der Waals surface area (Å²) in [5, 5.41) is 4.17. The quantitative estimate of drug-likeness (QED) is 0.625. The van der Waals surface area contributed by atoms with Crippen molar-refractivity contribution in [1.29, 1.82) is 0 Å². The second kappa shape index (κ2) is 7.09. The van der Waals surface area contributed by atoms with E-state index in [2.05, 4.69) is 22.1 Å². The molecule has 26 heavy (non-hydrogen) atoms. The van der Waals surface area contributed by atoms with Gasteiger partial charge in [-0.15, -0.1) is 0 Å². The SMILES string of the molecule is O=C(Nc1cc2ccccc2[nH]1)C1(C#Cc2ccccc2)CCCCC1. The van der Waals surface area contributed by atoms with Crippen LogP contribution in [0.15, 0.2) is 60.7 Å². The minimum Gasteiger partial charge on any atom is -0.341 e. The fraction of sp³-hybridized carbons (Fsp3) is 0.261. The van der Waals surface area contributed by atoms with Gasteiger partial charge < -0.3 is 10.3 Å². The molecule has 0 spiro atoms. The van der Waals surface area contributed by atoms with Gasteiger partial charge in [-0.25, -0.2) is 0 Å². The van der Waals surface area contributed by atoms with Gasteiger partial charge in [0.25, 0.3) is 0 Å². The average molecular weight is 342 g/mol. The van der Waals surface area contributed by atoms with E-state index in [4.69, 9.17) is 0 Å².